The monoisotopic (exact) mass is 301 g/mol. The average molecular weight is 301 g/mol. The molecule has 0 aromatic heterocycles. The molecular weight excluding hydrogens is 282 g/mol. The first-order chi connectivity index (χ1) is 10.2. The Morgan fingerprint density at radius 3 is 2.48 bits per heavy atom. The van der Waals surface area contributed by atoms with Crippen LogP contribution in [0.5, 0.6) is 0 Å². The molecule has 0 aliphatic heterocycles. The van der Waals surface area contributed by atoms with Crippen molar-refractivity contribution < 1.29 is 5.21 Å². The van der Waals surface area contributed by atoms with E-state index >= 15 is 0 Å². The summed E-state index contributed by atoms with van der Waals surface area (Å²) >= 11 is 1.58. The minimum absolute atomic E-state index is 0.129. The highest BCUT2D eigenvalue weighted by molar-refractivity contribution is 7.98. The molecule has 0 fully saturated rings. The van der Waals surface area contributed by atoms with Gasteiger partial charge in [0.1, 0.15) is 0 Å². The van der Waals surface area contributed by atoms with Crippen LogP contribution in [-0.4, -0.2) is 23.8 Å². The van der Waals surface area contributed by atoms with Crippen molar-refractivity contribution in [3.8, 4) is 0 Å². The molecule has 2 aromatic rings. The number of nitrogens with zero attached hydrogens (tertiary/aromatic N) is 2. The van der Waals surface area contributed by atoms with Crippen molar-refractivity contribution in [1.29, 1.82) is 0 Å². The van der Waals surface area contributed by atoms with Crippen molar-refractivity contribution >= 4 is 29.0 Å². The number of rotatable bonds is 5. The van der Waals surface area contributed by atoms with E-state index in [1.807, 2.05) is 54.8 Å². The zero-order valence-corrected chi connectivity index (χ0v) is 13.0. The molecule has 0 aliphatic rings. The molecule has 0 amide bonds. The van der Waals surface area contributed by atoms with Crippen LogP contribution in [0.15, 0.2) is 58.6 Å². The summed E-state index contributed by atoms with van der Waals surface area (Å²) in [6.07, 6.45) is 1.98. The number of para-hydroxylation sites is 1. The number of oxime groups is 1. The zero-order chi connectivity index (χ0) is 15.2. The van der Waals surface area contributed by atoms with Crippen LogP contribution in [0.1, 0.15) is 12.5 Å². The number of benzene rings is 2. The lowest BCUT2D eigenvalue weighted by molar-refractivity contribution is 0.318. The summed E-state index contributed by atoms with van der Waals surface area (Å²) < 4.78 is 0. The van der Waals surface area contributed by atoms with Gasteiger partial charge in [-0.1, -0.05) is 29.4 Å². The lowest BCUT2D eigenvalue weighted by atomic mass is 10.1. The Balaban J connectivity index is 2.61. The quantitative estimate of drug-likeness (QED) is 0.291. The van der Waals surface area contributed by atoms with Gasteiger partial charge in [0.25, 0.3) is 0 Å². The van der Waals surface area contributed by atoms with E-state index in [4.69, 9.17) is 10.9 Å². The highest BCUT2D eigenvalue weighted by Crippen LogP contribution is 2.33. The van der Waals surface area contributed by atoms with Gasteiger partial charge in [0.2, 0.25) is 0 Å². The lowest BCUT2D eigenvalue weighted by Crippen LogP contribution is -2.23. The van der Waals surface area contributed by atoms with E-state index in [2.05, 4.69) is 17.0 Å². The van der Waals surface area contributed by atoms with Crippen LogP contribution >= 0.6 is 11.8 Å². The van der Waals surface area contributed by atoms with E-state index in [1.54, 1.807) is 11.8 Å². The number of nitrogens with two attached hydrogens (primary N) is 1. The second kappa shape index (κ2) is 7.04. The fourth-order valence-corrected chi connectivity index (χ4v) is 2.95. The van der Waals surface area contributed by atoms with Crippen LogP contribution in [-0.2, 0) is 0 Å². The van der Waals surface area contributed by atoms with Crippen LogP contribution in [0.2, 0.25) is 0 Å². The van der Waals surface area contributed by atoms with Crippen LogP contribution in [0.3, 0.4) is 0 Å². The fraction of sp³-hybridized carbons (Fsp3) is 0.188. The summed E-state index contributed by atoms with van der Waals surface area (Å²) in [5, 5.41) is 12.3. The standard InChI is InChI=1S/C16H19N3OS/c1-3-19(12-8-5-4-6-9-12)13-10-7-11-14(21-2)15(13)16(17)18-20/h4-11,20H,3H2,1-2H3,(H2,17,18). The third-order valence-electron chi connectivity index (χ3n) is 3.26. The highest BCUT2D eigenvalue weighted by atomic mass is 32.2. The van der Waals surface area contributed by atoms with Crippen LogP contribution in [0.25, 0.3) is 0 Å². The van der Waals surface area contributed by atoms with Crippen molar-refractivity contribution in [2.24, 2.45) is 10.9 Å². The van der Waals surface area contributed by atoms with Crippen molar-refractivity contribution in [1.82, 2.24) is 0 Å². The third kappa shape index (κ3) is 3.13. The van der Waals surface area contributed by atoms with Crippen molar-refractivity contribution in [2.75, 3.05) is 17.7 Å². The number of hydrogen-bond donors (Lipinski definition) is 2. The van der Waals surface area contributed by atoms with Crippen LogP contribution < -0.4 is 10.6 Å². The molecule has 21 heavy (non-hydrogen) atoms. The average Bonchev–Trinajstić information content (AvgIpc) is 2.55. The molecule has 2 aromatic carbocycles. The molecular formula is C16H19N3OS. The predicted molar refractivity (Wildman–Crippen MR) is 89.9 cm³/mol. The molecule has 2 rings (SSSR count). The summed E-state index contributed by atoms with van der Waals surface area (Å²) in [7, 11) is 0. The van der Waals surface area contributed by atoms with Gasteiger partial charge in [-0.3, -0.25) is 0 Å². The van der Waals surface area contributed by atoms with Gasteiger partial charge in [-0.15, -0.1) is 11.8 Å². The van der Waals surface area contributed by atoms with Gasteiger partial charge in [-0.25, -0.2) is 0 Å². The van der Waals surface area contributed by atoms with Crippen molar-refractivity contribution in [3.63, 3.8) is 0 Å². The van der Waals surface area contributed by atoms with Gasteiger partial charge in [-0.2, -0.15) is 0 Å². The molecule has 0 aliphatic carbocycles. The van der Waals surface area contributed by atoms with E-state index in [-0.39, 0.29) is 5.84 Å². The number of thioether (sulfide) groups is 1. The lowest BCUT2D eigenvalue weighted by Gasteiger charge is -2.26. The molecule has 0 atom stereocenters. The Labute approximate surface area is 129 Å². The van der Waals surface area contributed by atoms with Crippen LogP contribution in [0.4, 0.5) is 11.4 Å². The molecule has 0 saturated heterocycles. The van der Waals surface area contributed by atoms with Gasteiger partial charge < -0.3 is 15.8 Å². The molecule has 0 radical (unpaired) electrons. The van der Waals surface area contributed by atoms with E-state index in [1.165, 1.54) is 0 Å². The molecule has 110 valence electrons. The largest absolute Gasteiger partial charge is 0.409 e. The summed E-state index contributed by atoms with van der Waals surface area (Å²) in [6, 6.07) is 16.0. The van der Waals surface area contributed by atoms with Crippen molar-refractivity contribution in [3.05, 3.63) is 54.1 Å². The fourth-order valence-electron chi connectivity index (χ4n) is 2.32. The maximum Gasteiger partial charge on any atom is 0.173 e. The van der Waals surface area contributed by atoms with Crippen molar-refractivity contribution in [2.45, 2.75) is 11.8 Å². The Morgan fingerprint density at radius 1 is 1.19 bits per heavy atom. The van der Waals surface area contributed by atoms with Crippen LogP contribution in [0, 0.1) is 0 Å². The Hall–Kier alpha value is -2.14. The van der Waals surface area contributed by atoms with Gasteiger partial charge in [-0.05, 0) is 37.4 Å². The molecule has 0 unspecified atom stereocenters. The predicted octanol–water partition coefficient (Wildman–Crippen LogP) is 3.66. The van der Waals surface area contributed by atoms with E-state index in [0.29, 0.717) is 0 Å². The maximum atomic E-state index is 9.09. The van der Waals surface area contributed by atoms with Gasteiger partial charge in [0, 0.05) is 17.1 Å². The summed E-state index contributed by atoms with van der Waals surface area (Å²) in [6.45, 7) is 2.86. The first-order valence-electron chi connectivity index (χ1n) is 6.70. The molecule has 0 heterocycles. The summed E-state index contributed by atoms with van der Waals surface area (Å²) in [5.41, 5.74) is 8.67. The Kier molecular flexibility index (Phi) is 5.11. The minimum atomic E-state index is 0.129. The second-order valence-corrected chi connectivity index (χ2v) is 5.27. The molecule has 0 saturated carbocycles. The molecule has 0 spiro atoms. The molecule has 0 bridgehead atoms. The highest BCUT2D eigenvalue weighted by Gasteiger charge is 2.17. The van der Waals surface area contributed by atoms with E-state index in [9.17, 15) is 0 Å². The number of anilines is 2. The third-order valence-corrected chi connectivity index (χ3v) is 4.04. The molecule has 4 nitrogen and oxygen atoms in total. The van der Waals surface area contributed by atoms with E-state index < -0.39 is 0 Å². The number of hydrogen-bond acceptors (Lipinski definition) is 4. The van der Waals surface area contributed by atoms with Gasteiger partial charge >= 0.3 is 0 Å². The first kappa shape index (κ1) is 15.3. The topological polar surface area (TPSA) is 61.8 Å². The second-order valence-electron chi connectivity index (χ2n) is 4.42. The van der Waals surface area contributed by atoms with Gasteiger partial charge in [0.05, 0.1) is 11.3 Å². The van der Waals surface area contributed by atoms with E-state index in [0.717, 1.165) is 28.4 Å². The Morgan fingerprint density at radius 2 is 1.90 bits per heavy atom. The summed E-state index contributed by atoms with van der Waals surface area (Å²) in [5.74, 6) is 0.129. The summed E-state index contributed by atoms with van der Waals surface area (Å²) in [4.78, 5) is 3.13. The van der Waals surface area contributed by atoms with Gasteiger partial charge in [0.15, 0.2) is 5.84 Å². The minimum Gasteiger partial charge on any atom is -0.409 e. The Bertz CT molecular complexity index is 629. The smallest absolute Gasteiger partial charge is 0.173 e. The SMILES string of the molecule is CCN(c1ccccc1)c1cccc(SC)c1/C(N)=N/O. The zero-order valence-electron chi connectivity index (χ0n) is 12.2. The normalized spacial score (nSPS) is 11.4. The first-order valence-corrected chi connectivity index (χ1v) is 7.92. The maximum absolute atomic E-state index is 9.09. The molecule has 3 N–H and O–H groups in total. The number of amidine groups is 1. The molecule has 5 heteroatoms.